The predicted molar refractivity (Wildman–Crippen MR) is 118 cm³/mol. The number of carbonyl (C=O) groups excluding carboxylic acids is 1. The van der Waals surface area contributed by atoms with E-state index in [-0.39, 0.29) is 17.2 Å². The lowest BCUT2D eigenvalue weighted by molar-refractivity contribution is -0.134. The second-order valence-electron chi connectivity index (χ2n) is 8.24. The van der Waals surface area contributed by atoms with Crippen molar-refractivity contribution in [3.63, 3.8) is 0 Å². The van der Waals surface area contributed by atoms with Gasteiger partial charge in [-0.2, -0.15) is 0 Å². The molecule has 156 valence electrons. The normalized spacial score (nSPS) is 14.5. The summed E-state index contributed by atoms with van der Waals surface area (Å²) in [6.45, 7) is 15.0. The molecule has 0 heterocycles. The van der Waals surface area contributed by atoms with Crippen LogP contribution >= 0.6 is 0 Å². The van der Waals surface area contributed by atoms with Crippen LogP contribution in [0.2, 0.25) is 18.1 Å². The summed E-state index contributed by atoms with van der Waals surface area (Å²) in [6.07, 6.45) is 5.97. The molecular weight excluding hydrogens is 370 g/mol. The van der Waals surface area contributed by atoms with Gasteiger partial charge in [-0.15, -0.1) is 6.58 Å². The van der Waals surface area contributed by atoms with Crippen LogP contribution in [0.3, 0.4) is 0 Å². The third kappa shape index (κ3) is 8.42. The van der Waals surface area contributed by atoms with Gasteiger partial charge in [-0.1, -0.05) is 45.0 Å². The lowest BCUT2D eigenvalue weighted by Crippen LogP contribution is -2.43. The number of esters is 1. The van der Waals surface area contributed by atoms with E-state index in [4.69, 9.17) is 9.26 Å². The van der Waals surface area contributed by atoms with Gasteiger partial charge in [-0.25, -0.2) is 4.79 Å². The molecule has 1 N–H and O–H groups in total. The van der Waals surface area contributed by atoms with Crippen LogP contribution in [-0.4, -0.2) is 33.6 Å². The van der Waals surface area contributed by atoms with Crippen molar-refractivity contribution in [3.8, 4) is 0 Å². The number of hydrogen-bond donors (Lipinski definition) is 1. The Morgan fingerprint density at radius 2 is 1.79 bits per heavy atom. The first-order chi connectivity index (χ1) is 13.1. The van der Waals surface area contributed by atoms with Crippen LogP contribution in [-0.2, 0) is 18.8 Å². The van der Waals surface area contributed by atoms with Gasteiger partial charge in [0, 0.05) is 6.08 Å². The Bertz CT molecular complexity index is 638. The van der Waals surface area contributed by atoms with Crippen LogP contribution in [0.5, 0.6) is 0 Å². The molecule has 0 radical (unpaired) electrons. The van der Waals surface area contributed by atoms with Gasteiger partial charge >= 0.3 is 5.97 Å². The van der Waals surface area contributed by atoms with Gasteiger partial charge in [0.05, 0.1) is 18.9 Å². The highest BCUT2D eigenvalue weighted by Crippen LogP contribution is 2.37. The van der Waals surface area contributed by atoms with Crippen molar-refractivity contribution in [2.24, 2.45) is 0 Å². The van der Waals surface area contributed by atoms with Crippen LogP contribution in [0.25, 0.3) is 0 Å². The minimum Gasteiger partial charge on any atom is -0.466 e. The lowest BCUT2D eigenvalue weighted by Gasteiger charge is -2.38. The molecule has 0 spiro atoms. The topological polar surface area (TPSA) is 56.8 Å². The third-order valence-electron chi connectivity index (χ3n) is 5.00. The summed E-state index contributed by atoms with van der Waals surface area (Å²) in [7, 11) is -0.541. The zero-order valence-electron chi connectivity index (χ0n) is 18.0. The summed E-state index contributed by atoms with van der Waals surface area (Å²) in [4.78, 5) is 17.3. The molecule has 0 saturated heterocycles. The summed E-state index contributed by atoms with van der Waals surface area (Å²) in [5.41, 5.74) is 3.78. The van der Waals surface area contributed by atoms with E-state index < -0.39 is 14.3 Å². The predicted octanol–water partition coefficient (Wildman–Crippen LogP) is 5.48. The quantitative estimate of drug-likeness (QED) is 0.174. The van der Waals surface area contributed by atoms with Crippen molar-refractivity contribution in [1.29, 1.82) is 0 Å². The molecule has 1 rings (SSSR count). The molecule has 0 fully saturated rings. The fourth-order valence-corrected chi connectivity index (χ4v) is 3.53. The van der Waals surface area contributed by atoms with Gasteiger partial charge in [0.2, 0.25) is 0 Å². The van der Waals surface area contributed by atoms with Crippen LogP contribution in [0.4, 0.5) is 5.69 Å². The highest BCUT2D eigenvalue weighted by atomic mass is 28.4. The number of ether oxygens (including phenoxy) is 1. The van der Waals surface area contributed by atoms with Crippen LogP contribution < -0.4 is 5.48 Å². The average molecular weight is 406 g/mol. The zero-order chi connectivity index (χ0) is 21.2. The molecule has 0 aromatic heterocycles. The second kappa shape index (κ2) is 11.2. The second-order valence-corrected chi connectivity index (χ2v) is 13.0. The maximum atomic E-state index is 11.5. The number of carbonyl (C=O) groups is 1. The Morgan fingerprint density at radius 3 is 2.32 bits per heavy atom. The summed E-state index contributed by atoms with van der Waals surface area (Å²) in [5.74, 6) is -0.411. The molecule has 1 aromatic rings. The van der Waals surface area contributed by atoms with Gasteiger partial charge in [0.1, 0.15) is 6.10 Å². The SMILES string of the molecule is C=C[C@@H](CC[C@@H](/C=C/C(=O)OC)ONc1ccccc1)O[Si](C)(C)C(C)(C)C. The maximum absolute atomic E-state index is 11.5. The van der Waals surface area contributed by atoms with E-state index in [0.717, 1.165) is 12.1 Å². The fraction of sp³-hybridized carbons (Fsp3) is 0.500. The standard InChI is InChI=1S/C22H35NO4Si/c1-8-19(27-28(6,7)22(2,3)4)14-15-20(16-17-21(24)25-5)26-23-18-12-10-9-11-13-18/h8-13,16-17,19-20,23H,1,14-15H2,2-7H3/b17-16+/t19-,20-/m0/s1. The number of anilines is 1. The smallest absolute Gasteiger partial charge is 0.330 e. The monoisotopic (exact) mass is 405 g/mol. The number of nitrogens with one attached hydrogen (secondary N) is 1. The largest absolute Gasteiger partial charge is 0.466 e. The lowest BCUT2D eigenvalue weighted by atomic mass is 10.1. The number of para-hydroxylation sites is 1. The number of hydrogen-bond acceptors (Lipinski definition) is 5. The molecule has 0 bridgehead atoms. The Labute approximate surface area is 170 Å². The maximum Gasteiger partial charge on any atom is 0.330 e. The van der Waals surface area contributed by atoms with E-state index in [2.05, 4.69) is 50.7 Å². The van der Waals surface area contributed by atoms with Crippen molar-refractivity contribution >= 4 is 20.0 Å². The Balaban J connectivity index is 2.73. The molecule has 0 aliphatic carbocycles. The minimum absolute atomic E-state index is 0.0600. The van der Waals surface area contributed by atoms with Gasteiger partial charge in [0.25, 0.3) is 0 Å². The summed E-state index contributed by atoms with van der Waals surface area (Å²) < 4.78 is 11.1. The fourth-order valence-electron chi connectivity index (χ4n) is 2.21. The van der Waals surface area contributed by atoms with Gasteiger partial charge < -0.3 is 9.16 Å². The zero-order valence-corrected chi connectivity index (χ0v) is 19.0. The Kier molecular flexibility index (Phi) is 9.65. The first kappa shape index (κ1) is 24.1. The molecule has 1 aromatic carbocycles. The van der Waals surface area contributed by atoms with Crippen LogP contribution in [0.1, 0.15) is 33.6 Å². The Morgan fingerprint density at radius 1 is 1.18 bits per heavy atom. The van der Waals surface area contributed by atoms with Gasteiger partial charge in [0.15, 0.2) is 8.32 Å². The highest BCUT2D eigenvalue weighted by Gasteiger charge is 2.38. The number of rotatable bonds is 11. The molecule has 0 saturated carbocycles. The van der Waals surface area contributed by atoms with Crippen molar-refractivity contribution in [2.75, 3.05) is 12.6 Å². The van der Waals surface area contributed by atoms with E-state index in [1.165, 1.54) is 13.2 Å². The molecule has 0 amide bonds. The van der Waals surface area contributed by atoms with E-state index in [1.54, 1.807) is 6.08 Å². The van der Waals surface area contributed by atoms with E-state index >= 15 is 0 Å². The highest BCUT2D eigenvalue weighted by molar-refractivity contribution is 6.74. The van der Waals surface area contributed by atoms with Crippen molar-refractivity contribution in [1.82, 2.24) is 0 Å². The molecule has 0 unspecified atom stereocenters. The van der Waals surface area contributed by atoms with Crippen molar-refractivity contribution in [3.05, 3.63) is 55.1 Å². The van der Waals surface area contributed by atoms with Gasteiger partial charge in [-0.3, -0.25) is 10.3 Å². The van der Waals surface area contributed by atoms with Crippen molar-refractivity contribution in [2.45, 2.75) is 64.0 Å². The van der Waals surface area contributed by atoms with E-state index in [1.807, 2.05) is 36.4 Å². The number of benzene rings is 1. The van der Waals surface area contributed by atoms with E-state index in [9.17, 15) is 4.79 Å². The summed E-state index contributed by atoms with van der Waals surface area (Å²) >= 11 is 0. The molecular formula is C22H35NO4Si. The van der Waals surface area contributed by atoms with Gasteiger partial charge in [-0.05, 0) is 49.2 Å². The molecule has 6 heteroatoms. The van der Waals surface area contributed by atoms with E-state index in [0.29, 0.717) is 6.42 Å². The van der Waals surface area contributed by atoms with Crippen molar-refractivity contribution < 1.29 is 18.8 Å². The molecule has 28 heavy (non-hydrogen) atoms. The molecule has 0 aliphatic heterocycles. The molecule has 5 nitrogen and oxygen atoms in total. The number of methoxy groups -OCH3 is 1. The van der Waals surface area contributed by atoms with Crippen LogP contribution in [0, 0.1) is 0 Å². The molecule has 2 atom stereocenters. The summed E-state index contributed by atoms with van der Waals surface area (Å²) in [5, 5.41) is 0.129. The minimum atomic E-state index is -1.89. The first-order valence-corrected chi connectivity index (χ1v) is 12.5. The molecule has 0 aliphatic rings. The van der Waals surface area contributed by atoms with Crippen LogP contribution in [0.15, 0.2) is 55.1 Å². The first-order valence-electron chi connectivity index (χ1n) is 9.62. The Hall–Kier alpha value is -1.89. The summed E-state index contributed by atoms with van der Waals surface area (Å²) in [6, 6.07) is 9.60. The average Bonchev–Trinajstić information content (AvgIpc) is 2.65. The third-order valence-corrected chi connectivity index (χ3v) is 9.51.